The third-order valence-electron chi connectivity index (χ3n) is 3.70. The molecule has 2 aromatic rings. The lowest BCUT2D eigenvalue weighted by atomic mass is 10.1. The molecule has 0 bridgehead atoms. The van der Waals surface area contributed by atoms with Crippen molar-refractivity contribution in [3.8, 4) is 0 Å². The summed E-state index contributed by atoms with van der Waals surface area (Å²) in [4.78, 5) is 22.3. The number of carbonyl (C=O) groups excluding carboxylic acids is 1. The SMILES string of the molecule is C[C@@H](NC(=O)/C=C/c1ccc([N+](=O)[O-])cc1)c1ccc(S(C)(=O)=O)cc1. The van der Waals surface area contributed by atoms with Gasteiger partial charge in [0.15, 0.2) is 9.84 Å². The van der Waals surface area contributed by atoms with E-state index in [2.05, 4.69) is 5.32 Å². The van der Waals surface area contributed by atoms with Crippen LogP contribution in [0.25, 0.3) is 6.08 Å². The van der Waals surface area contributed by atoms with E-state index in [4.69, 9.17) is 0 Å². The molecule has 0 saturated heterocycles. The van der Waals surface area contributed by atoms with Gasteiger partial charge in [-0.1, -0.05) is 12.1 Å². The van der Waals surface area contributed by atoms with Crippen molar-refractivity contribution < 1.29 is 18.1 Å². The Morgan fingerprint density at radius 1 is 1.12 bits per heavy atom. The number of sulfone groups is 1. The van der Waals surface area contributed by atoms with Crippen LogP contribution in [0.3, 0.4) is 0 Å². The highest BCUT2D eigenvalue weighted by atomic mass is 32.2. The van der Waals surface area contributed by atoms with Gasteiger partial charge in [0.1, 0.15) is 0 Å². The van der Waals surface area contributed by atoms with E-state index in [9.17, 15) is 23.3 Å². The van der Waals surface area contributed by atoms with Crippen molar-refractivity contribution >= 4 is 27.5 Å². The van der Waals surface area contributed by atoms with Gasteiger partial charge in [-0.05, 0) is 48.4 Å². The Kier molecular flexibility index (Phi) is 5.89. The summed E-state index contributed by atoms with van der Waals surface area (Å²) in [7, 11) is -3.26. The summed E-state index contributed by atoms with van der Waals surface area (Å²) in [5.74, 6) is -0.331. The van der Waals surface area contributed by atoms with Gasteiger partial charge in [0.2, 0.25) is 5.91 Å². The van der Waals surface area contributed by atoms with Crippen LogP contribution in [0.1, 0.15) is 24.1 Å². The Morgan fingerprint density at radius 3 is 2.19 bits per heavy atom. The number of non-ortho nitro benzene ring substituents is 1. The average molecular weight is 374 g/mol. The van der Waals surface area contributed by atoms with E-state index in [0.29, 0.717) is 5.56 Å². The molecule has 1 N–H and O–H groups in total. The van der Waals surface area contributed by atoms with Crippen LogP contribution in [0.5, 0.6) is 0 Å². The molecule has 0 aliphatic rings. The Bertz CT molecular complexity index is 933. The summed E-state index contributed by atoms with van der Waals surface area (Å²) < 4.78 is 22.9. The number of carbonyl (C=O) groups is 1. The molecule has 26 heavy (non-hydrogen) atoms. The molecule has 8 heteroatoms. The van der Waals surface area contributed by atoms with Crippen molar-refractivity contribution in [3.05, 3.63) is 75.8 Å². The minimum Gasteiger partial charge on any atom is -0.346 e. The smallest absolute Gasteiger partial charge is 0.269 e. The Balaban J connectivity index is 1.99. The Morgan fingerprint density at radius 2 is 1.69 bits per heavy atom. The maximum Gasteiger partial charge on any atom is 0.269 e. The lowest BCUT2D eigenvalue weighted by molar-refractivity contribution is -0.384. The average Bonchev–Trinajstić information content (AvgIpc) is 2.59. The molecular weight excluding hydrogens is 356 g/mol. The van der Waals surface area contributed by atoms with Crippen LogP contribution in [0.2, 0.25) is 0 Å². The van der Waals surface area contributed by atoms with Gasteiger partial charge in [-0.3, -0.25) is 14.9 Å². The van der Waals surface area contributed by atoms with Crippen LogP contribution < -0.4 is 5.32 Å². The van der Waals surface area contributed by atoms with Crippen molar-refractivity contribution in [1.82, 2.24) is 5.32 Å². The van der Waals surface area contributed by atoms with E-state index >= 15 is 0 Å². The number of rotatable bonds is 6. The van der Waals surface area contributed by atoms with Crippen LogP contribution in [0.15, 0.2) is 59.5 Å². The first-order valence-corrected chi connectivity index (χ1v) is 9.59. The van der Waals surface area contributed by atoms with Gasteiger partial charge < -0.3 is 5.32 Å². The molecule has 1 amide bonds. The largest absolute Gasteiger partial charge is 0.346 e. The highest BCUT2D eigenvalue weighted by molar-refractivity contribution is 7.90. The zero-order chi connectivity index (χ0) is 19.3. The molecule has 0 heterocycles. The fraction of sp³-hybridized carbons (Fsp3) is 0.167. The molecule has 0 aromatic heterocycles. The predicted molar refractivity (Wildman–Crippen MR) is 98.2 cm³/mol. The van der Waals surface area contributed by atoms with E-state index in [1.807, 2.05) is 0 Å². The monoisotopic (exact) mass is 374 g/mol. The minimum absolute atomic E-state index is 0.0160. The molecule has 0 fully saturated rings. The summed E-state index contributed by atoms with van der Waals surface area (Å²) in [6.45, 7) is 1.78. The van der Waals surface area contributed by atoms with Gasteiger partial charge in [0.25, 0.3) is 5.69 Å². The quantitative estimate of drug-likeness (QED) is 0.475. The van der Waals surface area contributed by atoms with Crippen molar-refractivity contribution in [2.24, 2.45) is 0 Å². The second-order valence-electron chi connectivity index (χ2n) is 5.75. The summed E-state index contributed by atoms with van der Waals surface area (Å²) in [5.41, 5.74) is 1.42. The summed E-state index contributed by atoms with van der Waals surface area (Å²) in [6, 6.07) is 11.8. The molecule has 2 rings (SSSR count). The summed E-state index contributed by atoms with van der Waals surface area (Å²) in [5, 5.41) is 13.4. The van der Waals surface area contributed by atoms with Crippen molar-refractivity contribution in [1.29, 1.82) is 0 Å². The van der Waals surface area contributed by atoms with E-state index in [1.54, 1.807) is 37.3 Å². The van der Waals surface area contributed by atoms with Gasteiger partial charge in [-0.25, -0.2) is 8.42 Å². The lowest BCUT2D eigenvalue weighted by Gasteiger charge is -2.13. The van der Waals surface area contributed by atoms with E-state index in [0.717, 1.165) is 11.8 Å². The molecule has 0 unspecified atom stereocenters. The van der Waals surface area contributed by atoms with E-state index in [-0.39, 0.29) is 22.5 Å². The number of nitrogens with one attached hydrogen (secondary N) is 1. The maximum atomic E-state index is 12.0. The fourth-order valence-corrected chi connectivity index (χ4v) is 2.86. The van der Waals surface area contributed by atoms with E-state index < -0.39 is 14.8 Å². The number of hydrogen-bond acceptors (Lipinski definition) is 5. The molecule has 2 aromatic carbocycles. The van der Waals surface area contributed by atoms with Crippen molar-refractivity contribution in [3.63, 3.8) is 0 Å². The van der Waals surface area contributed by atoms with Crippen molar-refractivity contribution in [2.75, 3.05) is 6.26 Å². The maximum absolute atomic E-state index is 12.0. The fourth-order valence-electron chi connectivity index (χ4n) is 2.23. The number of amides is 1. The van der Waals surface area contributed by atoms with Crippen molar-refractivity contribution in [2.45, 2.75) is 17.9 Å². The second kappa shape index (κ2) is 7.92. The molecule has 0 aliphatic heterocycles. The summed E-state index contributed by atoms with van der Waals surface area (Å²) in [6.07, 6.45) is 4.03. The zero-order valence-electron chi connectivity index (χ0n) is 14.2. The second-order valence-corrected chi connectivity index (χ2v) is 7.77. The first kappa shape index (κ1) is 19.3. The molecular formula is C18H18N2O5S. The Labute approximate surface area is 151 Å². The third kappa shape index (κ3) is 5.25. The predicted octanol–water partition coefficient (Wildman–Crippen LogP) is 2.89. The first-order valence-electron chi connectivity index (χ1n) is 7.70. The zero-order valence-corrected chi connectivity index (χ0v) is 15.1. The molecule has 7 nitrogen and oxygen atoms in total. The van der Waals surface area contributed by atoms with Gasteiger partial charge in [0.05, 0.1) is 15.9 Å². The highest BCUT2D eigenvalue weighted by Gasteiger charge is 2.11. The van der Waals surface area contributed by atoms with Crippen LogP contribution in [0.4, 0.5) is 5.69 Å². The number of benzene rings is 2. The topological polar surface area (TPSA) is 106 Å². The first-order chi connectivity index (χ1) is 12.2. The molecule has 0 spiro atoms. The number of nitro groups is 1. The van der Waals surface area contributed by atoms with E-state index in [1.165, 1.54) is 30.3 Å². The molecule has 0 radical (unpaired) electrons. The number of hydrogen-bond donors (Lipinski definition) is 1. The normalized spacial score (nSPS) is 12.7. The van der Waals surface area contributed by atoms with Gasteiger partial charge >= 0.3 is 0 Å². The van der Waals surface area contributed by atoms with Crippen LogP contribution in [-0.4, -0.2) is 25.5 Å². The molecule has 0 aliphatic carbocycles. The van der Waals surface area contributed by atoms with Crippen LogP contribution >= 0.6 is 0 Å². The van der Waals surface area contributed by atoms with Gasteiger partial charge in [-0.15, -0.1) is 0 Å². The van der Waals surface area contributed by atoms with Crippen LogP contribution in [-0.2, 0) is 14.6 Å². The highest BCUT2D eigenvalue weighted by Crippen LogP contribution is 2.16. The molecule has 1 atom stereocenters. The molecule has 136 valence electrons. The minimum atomic E-state index is -3.26. The number of nitro benzene ring substituents is 1. The van der Waals surface area contributed by atoms with Crippen LogP contribution in [0, 0.1) is 10.1 Å². The third-order valence-corrected chi connectivity index (χ3v) is 4.83. The summed E-state index contributed by atoms with van der Waals surface area (Å²) >= 11 is 0. The standard InChI is InChI=1S/C18H18N2O5S/c1-13(15-6-10-17(11-7-15)26(2,24)25)19-18(21)12-5-14-3-8-16(9-4-14)20(22)23/h3-13H,1-2H3,(H,19,21)/b12-5+/t13-/m1/s1. The Hall–Kier alpha value is -3.00. The van der Waals surface area contributed by atoms with Gasteiger partial charge in [0, 0.05) is 24.5 Å². The number of nitrogens with zero attached hydrogens (tertiary/aromatic N) is 1. The molecule has 0 saturated carbocycles. The lowest BCUT2D eigenvalue weighted by Crippen LogP contribution is -2.24. The van der Waals surface area contributed by atoms with Gasteiger partial charge in [-0.2, -0.15) is 0 Å².